The van der Waals surface area contributed by atoms with Gasteiger partial charge in [0.2, 0.25) is 0 Å². The zero-order valence-electron chi connectivity index (χ0n) is 20.3. The first-order valence-corrected chi connectivity index (χ1v) is 11.8. The number of nitrogens with zero attached hydrogens (tertiary/aromatic N) is 3. The van der Waals surface area contributed by atoms with Crippen LogP contribution >= 0.6 is 11.3 Å². The second-order valence-corrected chi connectivity index (χ2v) is 9.42. The van der Waals surface area contributed by atoms with Gasteiger partial charge in [-0.05, 0) is 31.5 Å². The Morgan fingerprint density at radius 2 is 2.12 bits per heavy atom. The van der Waals surface area contributed by atoms with Crippen LogP contribution in [0.25, 0.3) is 0 Å². The number of ether oxygens (including phenoxy) is 2. The van der Waals surface area contributed by atoms with Crippen molar-refractivity contribution in [1.82, 2.24) is 9.88 Å². The molecule has 0 aliphatic carbocycles. The fraction of sp³-hybridized carbons (Fsp3) is 0.522. The molecule has 2 heterocycles. The second-order valence-electron chi connectivity index (χ2n) is 8.59. The predicted molar refractivity (Wildman–Crippen MR) is 129 cm³/mol. The Balaban J connectivity index is 1.78. The van der Waals surface area contributed by atoms with E-state index < -0.39 is 11.9 Å². The largest absolute Gasteiger partial charge is 0.383 e. The van der Waals surface area contributed by atoms with Crippen LogP contribution in [0.2, 0.25) is 0 Å². The number of nitrogens with one attached hydrogen (secondary N) is 1. The average molecular weight is 493 g/mol. The van der Waals surface area contributed by atoms with E-state index >= 15 is 0 Å². The first-order valence-electron chi connectivity index (χ1n) is 10.9. The van der Waals surface area contributed by atoms with E-state index in [-0.39, 0.29) is 16.8 Å². The van der Waals surface area contributed by atoms with Crippen LogP contribution in [0.15, 0.2) is 23.6 Å². The summed E-state index contributed by atoms with van der Waals surface area (Å²) in [6.07, 6.45) is 0. The minimum Gasteiger partial charge on any atom is -0.383 e. The van der Waals surface area contributed by atoms with Crippen molar-refractivity contribution in [2.45, 2.75) is 25.9 Å². The molecule has 0 radical (unpaired) electrons. The summed E-state index contributed by atoms with van der Waals surface area (Å²) in [5.74, 6) is -1.12. The lowest BCUT2D eigenvalue weighted by molar-refractivity contribution is -0.216. The Hall–Kier alpha value is -2.57. The maximum absolute atomic E-state index is 12.9. The molecule has 11 heteroatoms. The predicted octanol–water partition coefficient (Wildman–Crippen LogP) is 2.81. The number of likely N-dealkylation sites (N-methyl/N-ethyl adjacent to an activating group) is 1. The van der Waals surface area contributed by atoms with Crippen LogP contribution in [0.1, 0.15) is 40.3 Å². The maximum atomic E-state index is 12.9. The molecule has 1 aliphatic heterocycles. The zero-order chi connectivity index (χ0) is 24.7. The van der Waals surface area contributed by atoms with Crippen molar-refractivity contribution < 1.29 is 28.8 Å². The molecule has 186 valence electrons. The molecule has 3 rings (SSSR count). The lowest BCUT2D eigenvalue weighted by atomic mass is 10.0. The number of anilines is 2. The Kier molecular flexibility index (Phi) is 8.97. The molecule has 1 N–H and O–H groups in total. The molecule has 0 atom stereocenters. The monoisotopic (exact) mass is 492 g/mol. The minimum absolute atomic E-state index is 0.128. The lowest BCUT2D eigenvalue weighted by Crippen LogP contribution is -2.52. The van der Waals surface area contributed by atoms with Gasteiger partial charge in [-0.1, -0.05) is 6.07 Å². The maximum Gasteiger partial charge on any atom is 0.375 e. The SMILES string of the molecule is COCCN(C)c1nc(C(=O)Nc2ccc(CN3CCOCC3(C)C)cc2C(=O)OOC)cs1. The number of hydrogen-bond donors (Lipinski definition) is 1. The molecule has 1 aromatic carbocycles. The summed E-state index contributed by atoms with van der Waals surface area (Å²) in [4.78, 5) is 43.4. The summed E-state index contributed by atoms with van der Waals surface area (Å²) in [5, 5.41) is 5.16. The van der Waals surface area contributed by atoms with Gasteiger partial charge in [0, 0.05) is 44.7 Å². The molecule has 34 heavy (non-hydrogen) atoms. The van der Waals surface area contributed by atoms with Crippen molar-refractivity contribution in [2.24, 2.45) is 0 Å². The zero-order valence-corrected chi connectivity index (χ0v) is 21.1. The van der Waals surface area contributed by atoms with Crippen LogP contribution in [0.5, 0.6) is 0 Å². The number of morpholine rings is 1. The number of hydrogen-bond acceptors (Lipinski definition) is 10. The van der Waals surface area contributed by atoms with Gasteiger partial charge in [-0.2, -0.15) is 4.89 Å². The van der Waals surface area contributed by atoms with E-state index in [2.05, 4.69) is 33.9 Å². The van der Waals surface area contributed by atoms with Gasteiger partial charge in [0.15, 0.2) is 5.13 Å². The number of carbonyl (C=O) groups is 2. The molecular weight excluding hydrogens is 460 g/mol. The molecular formula is C23H32N4O6S. The standard InChI is InChI=1S/C23H32N4O6S/c1-23(2)15-32-11-9-27(23)13-16-6-7-18(17(12-16)21(29)33-31-5)24-20(28)19-14-34-22(25-19)26(3)8-10-30-4/h6-7,12,14H,8-11,13,15H2,1-5H3,(H,24,28). The molecule has 1 aliphatic rings. The van der Waals surface area contributed by atoms with E-state index in [9.17, 15) is 9.59 Å². The molecule has 2 aromatic rings. The van der Waals surface area contributed by atoms with Crippen molar-refractivity contribution in [1.29, 1.82) is 0 Å². The van der Waals surface area contributed by atoms with E-state index in [1.165, 1.54) is 18.4 Å². The first-order chi connectivity index (χ1) is 16.2. The fourth-order valence-corrected chi connectivity index (χ4v) is 4.35. The number of benzene rings is 1. The quantitative estimate of drug-likeness (QED) is 0.396. The summed E-state index contributed by atoms with van der Waals surface area (Å²) in [6, 6.07) is 5.30. The van der Waals surface area contributed by atoms with Crippen molar-refractivity contribution in [3.63, 3.8) is 0 Å². The smallest absolute Gasteiger partial charge is 0.375 e. The molecule has 1 fully saturated rings. The Labute approximate surface area is 203 Å². The molecule has 0 bridgehead atoms. The van der Waals surface area contributed by atoms with Crippen LogP contribution < -0.4 is 10.2 Å². The molecule has 0 unspecified atom stereocenters. The number of rotatable bonds is 10. The number of thiazole rings is 1. The van der Waals surface area contributed by atoms with E-state index in [0.29, 0.717) is 43.7 Å². The topological polar surface area (TPSA) is 102 Å². The normalized spacial score (nSPS) is 15.7. The van der Waals surface area contributed by atoms with Crippen LogP contribution in [-0.4, -0.2) is 81.5 Å². The lowest BCUT2D eigenvalue weighted by Gasteiger charge is -2.42. The third kappa shape index (κ3) is 6.51. The molecule has 1 saturated heterocycles. The third-order valence-corrected chi connectivity index (χ3v) is 6.54. The second kappa shape index (κ2) is 11.7. The molecule has 0 saturated carbocycles. The van der Waals surface area contributed by atoms with Gasteiger partial charge in [0.05, 0.1) is 38.2 Å². The molecule has 0 spiro atoms. The summed E-state index contributed by atoms with van der Waals surface area (Å²) in [5.41, 5.74) is 1.56. The Bertz CT molecular complexity index is 996. The van der Waals surface area contributed by atoms with Gasteiger partial charge < -0.3 is 19.7 Å². The summed E-state index contributed by atoms with van der Waals surface area (Å²) in [6.45, 7) is 8.15. The number of amides is 1. The first kappa shape index (κ1) is 26.0. The summed E-state index contributed by atoms with van der Waals surface area (Å²) in [7, 11) is 4.77. The van der Waals surface area contributed by atoms with Crippen molar-refractivity contribution in [3.05, 3.63) is 40.4 Å². The van der Waals surface area contributed by atoms with Gasteiger partial charge in [-0.15, -0.1) is 11.3 Å². The highest BCUT2D eigenvalue weighted by Gasteiger charge is 2.30. The van der Waals surface area contributed by atoms with Gasteiger partial charge in [-0.3, -0.25) is 14.6 Å². The summed E-state index contributed by atoms with van der Waals surface area (Å²) < 4.78 is 10.7. The number of methoxy groups -OCH3 is 1. The highest BCUT2D eigenvalue weighted by atomic mass is 32.1. The molecule has 1 amide bonds. The van der Waals surface area contributed by atoms with E-state index in [0.717, 1.165) is 12.1 Å². The minimum atomic E-state index is -0.695. The van der Waals surface area contributed by atoms with E-state index in [1.807, 2.05) is 18.0 Å². The van der Waals surface area contributed by atoms with Crippen LogP contribution in [0, 0.1) is 0 Å². The highest BCUT2D eigenvalue weighted by Crippen LogP contribution is 2.26. The van der Waals surface area contributed by atoms with Crippen molar-refractivity contribution >= 4 is 34.0 Å². The average Bonchev–Trinajstić information content (AvgIpc) is 3.30. The summed E-state index contributed by atoms with van der Waals surface area (Å²) >= 11 is 1.36. The molecule has 1 aromatic heterocycles. The number of carbonyl (C=O) groups excluding carboxylic acids is 2. The molecule has 10 nitrogen and oxygen atoms in total. The van der Waals surface area contributed by atoms with Gasteiger partial charge in [-0.25, -0.2) is 9.78 Å². The fourth-order valence-electron chi connectivity index (χ4n) is 3.55. The third-order valence-electron chi connectivity index (χ3n) is 5.58. The van der Waals surface area contributed by atoms with Gasteiger partial charge in [0.1, 0.15) is 5.69 Å². The van der Waals surface area contributed by atoms with Gasteiger partial charge in [0.25, 0.3) is 5.91 Å². The van der Waals surface area contributed by atoms with E-state index in [1.54, 1.807) is 24.6 Å². The van der Waals surface area contributed by atoms with Crippen molar-refractivity contribution in [2.75, 3.05) is 64.4 Å². The van der Waals surface area contributed by atoms with Crippen LogP contribution in [-0.2, 0) is 25.8 Å². The van der Waals surface area contributed by atoms with E-state index in [4.69, 9.17) is 14.4 Å². The highest BCUT2D eigenvalue weighted by molar-refractivity contribution is 7.13. The Morgan fingerprint density at radius 1 is 1.32 bits per heavy atom. The van der Waals surface area contributed by atoms with Gasteiger partial charge >= 0.3 is 5.97 Å². The number of aromatic nitrogens is 1. The Morgan fingerprint density at radius 3 is 2.82 bits per heavy atom. The van der Waals surface area contributed by atoms with Crippen LogP contribution in [0.4, 0.5) is 10.8 Å². The van der Waals surface area contributed by atoms with Crippen molar-refractivity contribution in [3.8, 4) is 0 Å². The van der Waals surface area contributed by atoms with Crippen LogP contribution in [0.3, 0.4) is 0 Å².